The zero-order valence-corrected chi connectivity index (χ0v) is 15.5. The summed E-state index contributed by atoms with van der Waals surface area (Å²) >= 11 is 0. The number of para-hydroxylation sites is 1. The topological polar surface area (TPSA) is 42.0 Å². The molecule has 0 saturated heterocycles. The quantitative estimate of drug-likeness (QED) is 0.640. The molecular formula is C22H26N2O. The Kier molecular flexibility index (Phi) is 5.14. The highest BCUT2D eigenvalue weighted by molar-refractivity contribution is 6.02. The number of Topliss-reactive ketones (excluding diaryl/α,β-unsaturated/α-hetero) is 1. The van der Waals surface area contributed by atoms with E-state index in [1.165, 1.54) is 5.56 Å². The van der Waals surface area contributed by atoms with E-state index in [1.807, 2.05) is 32.0 Å². The van der Waals surface area contributed by atoms with Gasteiger partial charge >= 0.3 is 0 Å². The molecule has 1 unspecified atom stereocenters. The number of carbonyl (C=O) groups excluding carboxylic acids is 1. The summed E-state index contributed by atoms with van der Waals surface area (Å²) in [6.45, 7) is 9.11. The number of benzene rings is 1. The first-order valence-corrected chi connectivity index (χ1v) is 9.10. The van der Waals surface area contributed by atoms with Gasteiger partial charge < -0.3 is 5.32 Å². The van der Waals surface area contributed by atoms with Crippen LogP contribution < -0.4 is 5.32 Å². The van der Waals surface area contributed by atoms with Gasteiger partial charge in [0.1, 0.15) is 0 Å². The summed E-state index contributed by atoms with van der Waals surface area (Å²) in [6.07, 6.45) is 0.849. The summed E-state index contributed by atoms with van der Waals surface area (Å²) in [6, 6.07) is 14.6. The van der Waals surface area contributed by atoms with Crippen LogP contribution in [0.2, 0.25) is 0 Å². The first-order valence-electron chi connectivity index (χ1n) is 9.10. The van der Waals surface area contributed by atoms with E-state index in [-0.39, 0.29) is 11.7 Å². The Labute approximate surface area is 149 Å². The van der Waals surface area contributed by atoms with Crippen molar-refractivity contribution in [1.82, 2.24) is 10.3 Å². The fourth-order valence-electron chi connectivity index (χ4n) is 3.07. The second-order valence-corrected chi connectivity index (χ2v) is 7.06. The van der Waals surface area contributed by atoms with Gasteiger partial charge in [-0.3, -0.25) is 4.79 Å². The molecule has 2 aliphatic rings. The summed E-state index contributed by atoms with van der Waals surface area (Å²) in [5.74, 6) is 0.224. The summed E-state index contributed by atoms with van der Waals surface area (Å²) in [7, 11) is 0. The van der Waals surface area contributed by atoms with Gasteiger partial charge in [-0.1, -0.05) is 64.1 Å². The maximum atomic E-state index is 12.6. The van der Waals surface area contributed by atoms with E-state index in [1.54, 1.807) is 0 Å². The predicted molar refractivity (Wildman–Crippen MR) is 104 cm³/mol. The van der Waals surface area contributed by atoms with Gasteiger partial charge in [-0.15, -0.1) is 0 Å². The molecule has 130 valence electrons. The molecule has 0 amide bonds. The fourth-order valence-corrected chi connectivity index (χ4v) is 3.07. The molecule has 0 spiro atoms. The van der Waals surface area contributed by atoms with Crippen LogP contribution in [-0.2, 0) is 6.54 Å². The van der Waals surface area contributed by atoms with Gasteiger partial charge in [0.2, 0.25) is 0 Å². The van der Waals surface area contributed by atoms with E-state index < -0.39 is 0 Å². The molecule has 3 heteroatoms. The van der Waals surface area contributed by atoms with Crippen molar-refractivity contribution >= 4 is 16.7 Å². The van der Waals surface area contributed by atoms with Crippen molar-refractivity contribution in [1.29, 1.82) is 0 Å². The molecule has 25 heavy (non-hydrogen) atoms. The van der Waals surface area contributed by atoms with Crippen molar-refractivity contribution < 1.29 is 4.79 Å². The lowest BCUT2D eigenvalue weighted by atomic mass is 9.98. The van der Waals surface area contributed by atoms with Gasteiger partial charge in [-0.2, -0.15) is 0 Å². The van der Waals surface area contributed by atoms with Crippen LogP contribution in [0.25, 0.3) is 22.2 Å². The van der Waals surface area contributed by atoms with Crippen molar-refractivity contribution in [2.75, 3.05) is 0 Å². The monoisotopic (exact) mass is 334 g/mol. The molecule has 0 aromatic heterocycles. The van der Waals surface area contributed by atoms with E-state index in [4.69, 9.17) is 4.98 Å². The molecule has 1 heterocycles. The molecule has 3 nitrogen and oxygen atoms in total. The molecular weight excluding hydrogens is 308 g/mol. The zero-order valence-electron chi connectivity index (χ0n) is 15.5. The molecule has 1 aromatic rings. The first kappa shape index (κ1) is 17.6. The number of hydrogen-bond acceptors (Lipinski definition) is 3. The van der Waals surface area contributed by atoms with Crippen molar-refractivity contribution in [3.05, 3.63) is 53.6 Å². The number of rotatable bonds is 6. The fraction of sp³-hybridized carbons (Fsp3) is 0.364. The Balaban J connectivity index is 2.09. The minimum absolute atomic E-state index is 0.0348. The number of nitrogens with one attached hydrogen (secondary N) is 1. The average molecular weight is 334 g/mol. The average Bonchev–Trinajstić information content (AvgIpc) is 2.82. The van der Waals surface area contributed by atoms with E-state index in [2.05, 4.69) is 43.4 Å². The van der Waals surface area contributed by atoms with Gasteiger partial charge in [0.25, 0.3) is 0 Å². The minimum atomic E-state index is 0.0348. The lowest BCUT2D eigenvalue weighted by molar-refractivity contribution is 0.0927. The largest absolute Gasteiger partial charge is 0.310 e. The SMILES string of the molecule is CCC(C)C(=O)c1cccc2c3cccc(CNC(C)C)c3nc-2c1. The normalized spacial score (nSPS) is 12.8. The number of hydrogen-bond donors (Lipinski definition) is 1. The summed E-state index contributed by atoms with van der Waals surface area (Å²) in [4.78, 5) is 17.4. The third kappa shape index (κ3) is 3.57. The van der Waals surface area contributed by atoms with Gasteiger partial charge in [0.05, 0.1) is 11.2 Å². The smallest absolute Gasteiger partial charge is 0.165 e. The highest BCUT2D eigenvalue weighted by atomic mass is 16.1. The van der Waals surface area contributed by atoms with Gasteiger partial charge in [-0.05, 0) is 18.1 Å². The molecule has 0 bridgehead atoms. The van der Waals surface area contributed by atoms with E-state index >= 15 is 0 Å². The summed E-state index contributed by atoms with van der Waals surface area (Å²) in [5, 5.41) is 4.61. The maximum Gasteiger partial charge on any atom is 0.165 e. The van der Waals surface area contributed by atoms with Crippen LogP contribution in [0.3, 0.4) is 0 Å². The second-order valence-electron chi connectivity index (χ2n) is 7.06. The Bertz CT molecular complexity index is 869. The number of ketones is 1. The number of carbonyl (C=O) groups is 1. The van der Waals surface area contributed by atoms with Crippen LogP contribution in [0.15, 0.2) is 42.5 Å². The van der Waals surface area contributed by atoms with Crippen LogP contribution in [0.5, 0.6) is 0 Å². The lowest BCUT2D eigenvalue weighted by Gasteiger charge is -2.08. The Morgan fingerprint density at radius 1 is 1.12 bits per heavy atom. The summed E-state index contributed by atoms with van der Waals surface area (Å²) in [5.41, 5.74) is 4.96. The Morgan fingerprint density at radius 2 is 1.88 bits per heavy atom. The third-order valence-corrected chi connectivity index (χ3v) is 4.79. The molecule has 1 aliphatic heterocycles. The molecule has 1 atom stereocenters. The predicted octanol–water partition coefficient (Wildman–Crippen LogP) is 5.07. The van der Waals surface area contributed by atoms with Crippen molar-refractivity contribution in [2.24, 2.45) is 5.92 Å². The first-order chi connectivity index (χ1) is 12.0. The van der Waals surface area contributed by atoms with Crippen LogP contribution in [0.1, 0.15) is 50.0 Å². The van der Waals surface area contributed by atoms with Crippen molar-refractivity contribution in [3.63, 3.8) is 0 Å². The highest BCUT2D eigenvalue weighted by Gasteiger charge is 2.17. The van der Waals surface area contributed by atoms with Crippen LogP contribution in [0, 0.1) is 5.92 Å². The number of fused-ring (bicyclic) bond motifs is 3. The maximum absolute atomic E-state index is 12.6. The van der Waals surface area contributed by atoms with Crippen LogP contribution in [-0.4, -0.2) is 16.8 Å². The van der Waals surface area contributed by atoms with Gasteiger partial charge in [0.15, 0.2) is 5.78 Å². The van der Waals surface area contributed by atoms with Crippen LogP contribution in [0.4, 0.5) is 0 Å². The molecule has 0 radical (unpaired) electrons. The van der Waals surface area contributed by atoms with E-state index in [0.29, 0.717) is 6.04 Å². The van der Waals surface area contributed by atoms with Crippen LogP contribution >= 0.6 is 0 Å². The number of aromatic nitrogens is 1. The van der Waals surface area contributed by atoms with Gasteiger partial charge in [0, 0.05) is 35.0 Å². The zero-order chi connectivity index (χ0) is 18.0. The molecule has 0 saturated carbocycles. The minimum Gasteiger partial charge on any atom is -0.310 e. The van der Waals surface area contributed by atoms with E-state index in [9.17, 15) is 4.79 Å². The lowest BCUT2D eigenvalue weighted by Crippen LogP contribution is -2.21. The summed E-state index contributed by atoms with van der Waals surface area (Å²) < 4.78 is 0. The highest BCUT2D eigenvalue weighted by Crippen LogP contribution is 2.33. The third-order valence-electron chi connectivity index (χ3n) is 4.79. The molecule has 3 rings (SSSR count). The standard InChI is InChI=1S/C22H26N2O/c1-5-15(4)22(25)16-8-6-10-18-19-11-7-9-17(13-23-14(2)3)21(19)24-20(18)12-16/h6-12,14-15,23H,5,13H2,1-4H3. The van der Waals surface area contributed by atoms with E-state index in [0.717, 1.165) is 40.7 Å². The molecule has 1 aromatic carbocycles. The van der Waals surface area contributed by atoms with Crippen molar-refractivity contribution in [3.8, 4) is 11.3 Å². The van der Waals surface area contributed by atoms with Gasteiger partial charge in [-0.25, -0.2) is 4.98 Å². The number of nitrogens with zero attached hydrogens (tertiary/aromatic N) is 1. The second kappa shape index (κ2) is 7.32. The molecule has 1 N–H and O–H groups in total. The van der Waals surface area contributed by atoms with Crippen molar-refractivity contribution in [2.45, 2.75) is 46.7 Å². The molecule has 1 aliphatic carbocycles. The Hall–Kier alpha value is -2.26. The Morgan fingerprint density at radius 3 is 2.60 bits per heavy atom. The molecule has 0 fully saturated rings.